The molecule has 0 aromatic carbocycles. The molecule has 2 aromatic rings. The maximum Gasteiger partial charge on any atom is 0.303 e. The van der Waals surface area contributed by atoms with Crippen molar-refractivity contribution in [3.05, 3.63) is 41.7 Å². The number of aliphatic carboxylic acids is 1. The number of rotatable bonds is 5. The van der Waals surface area contributed by atoms with Gasteiger partial charge in [0.1, 0.15) is 5.82 Å². The Bertz CT molecular complexity index is 699. The molecule has 0 amide bonds. The molecule has 0 unspecified atom stereocenters. The molecule has 7 heteroatoms. The first kappa shape index (κ1) is 16.3. The van der Waals surface area contributed by atoms with Gasteiger partial charge >= 0.3 is 5.97 Å². The van der Waals surface area contributed by atoms with E-state index in [1.165, 1.54) is 0 Å². The number of aryl methyl sites for hydroxylation is 2. The molecule has 3 rings (SSSR count). The Kier molecular flexibility index (Phi) is 4.98. The van der Waals surface area contributed by atoms with Gasteiger partial charge in [-0.1, -0.05) is 0 Å². The summed E-state index contributed by atoms with van der Waals surface area (Å²) in [7, 11) is 0. The van der Waals surface area contributed by atoms with Crippen molar-refractivity contribution < 1.29 is 9.90 Å². The zero-order valence-corrected chi connectivity index (χ0v) is 13.7. The molecule has 24 heavy (non-hydrogen) atoms. The van der Waals surface area contributed by atoms with E-state index >= 15 is 0 Å². The van der Waals surface area contributed by atoms with E-state index in [0.717, 1.165) is 43.3 Å². The zero-order chi connectivity index (χ0) is 16.9. The molecular weight excluding hydrogens is 306 g/mol. The highest BCUT2D eigenvalue weighted by molar-refractivity contribution is 5.66. The lowest BCUT2D eigenvalue weighted by Crippen LogP contribution is -2.34. The minimum absolute atomic E-state index is 0.0969. The van der Waals surface area contributed by atoms with Crippen molar-refractivity contribution in [2.75, 3.05) is 18.0 Å². The first-order valence-corrected chi connectivity index (χ1v) is 8.20. The highest BCUT2D eigenvalue weighted by Gasteiger charge is 2.23. The molecule has 0 atom stereocenters. The van der Waals surface area contributed by atoms with Crippen molar-refractivity contribution in [3.8, 4) is 0 Å². The van der Waals surface area contributed by atoms with Gasteiger partial charge in [0.05, 0.1) is 6.42 Å². The second-order valence-electron chi connectivity index (χ2n) is 6.04. The van der Waals surface area contributed by atoms with Gasteiger partial charge < -0.3 is 10.0 Å². The maximum absolute atomic E-state index is 10.8. The van der Waals surface area contributed by atoms with Crippen molar-refractivity contribution in [2.45, 2.75) is 38.5 Å². The Labute approximate surface area is 140 Å². The number of aromatic nitrogens is 4. The molecule has 0 spiro atoms. The standard InChI is InChI=1S/C17H21N5O2/c1-12-20-14(3-4-16(23)24)11-15(21-12)13-5-9-22(10-6-13)17-18-7-2-8-19-17/h2,7-8,11,13H,3-6,9-10H2,1H3,(H,23,24). The third kappa shape index (κ3) is 4.04. The lowest BCUT2D eigenvalue weighted by atomic mass is 9.92. The smallest absolute Gasteiger partial charge is 0.303 e. The molecule has 0 radical (unpaired) electrons. The van der Waals surface area contributed by atoms with Crippen molar-refractivity contribution >= 4 is 11.9 Å². The number of carbonyl (C=O) groups is 1. The van der Waals surface area contributed by atoms with Crippen LogP contribution in [-0.2, 0) is 11.2 Å². The lowest BCUT2D eigenvalue weighted by molar-refractivity contribution is -0.136. The topological polar surface area (TPSA) is 92.1 Å². The third-order valence-electron chi connectivity index (χ3n) is 4.25. The molecule has 1 saturated heterocycles. The predicted molar refractivity (Wildman–Crippen MR) is 88.9 cm³/mol. The van der Waals surface area contributed by atoms with E-state index < -0.39 is 5.97 Å². The second kappa shape index (κ2) is 7.33. The van der Waals surface area contributed by atoms with Gasteiger partial charge in [-0.2, -0.15) is 0 Å². The lowest BCUT2D eigenvalue weighted by Gasteiger charge is -2.31. The number of carboxylic acid groups (broad SMARTS) is 1. The summed E-state index contributed by atoms with van der Waals surface area (Å²) in [5.74, 6) is 1.05. The van der Waals surface area contributed by atoms with Gasteiger partial charge in [-0.15, -0.1) is 0 Å². The largest absolute Gasteiger partial charge is 0.481 e. The Morgan fingerprint density at radius 1 is 1.25 bits per heavy atom. The number of piperidine rings is 1. The SMILES string of the molecule is Cc1nc(CCC(=O)O)cc(C2CCN(c3ncccn3)CC2)n1. The van der Waals surface area contributed by atoms with Gasteiger partial charge in [-0.05, 0) is 31.9 Å². The Hall–Kier alpha value is -2.57. The fraction of sp³-hybridized carbons (Fsp3) is 0.471. The number of anilines is 1. The fourth-order valence-electron chi connectivity index (χ4n) is 3.06. The molecule has 0 bridgehead atoms. The molecule has 3 heterocycles. The van der Waals surface area contributed by atoms with Crippen LogP contribution < -0.4 is 4.90 Å². The van der Waals surface area contributed by atoms with Crippen LogP contribution in [0.4, 0.5) is 5.95 Å². The van der Waals surface area contributed by atoms with Gasteiger partial charge in [0.25, 0.3) is 0 Å². The summed E-state index contributed by atoms with van der Waals surface area (Å²) in [6.45, 7) is 3.64. The summed E-state index contributed by atoms with van der Waals surface area (Å²) < 4.78 is 0. The van der Waals surface area contributed by atoms with Crippen molar-refractivity contribution in [3.63, 3.8) is 0 Å². The normalized spacial score (nSPS) is 15.5. The van der Waals surface area contributed by atoms with Crippen LogP contribution in [0, 0.1) is 6.92 Å². The Morgan fingerprint density at radius 3 is 2.62 bits per heavy atom. The molecule has 0 saturated carbocycles. The van der Waals surface area contributed by atoms with E-state index in [1.807, 2.05) is 19.1 Å². The first-order chi connectivity index (χ1) is 11.6. The second-order valence-corrected chi connectivity index (χ2v) is 6.04. The summed E-state index contributed by atoms with van der Waals surface area (Å²) in [6.07, 6.45) is 6.02. The van der Waals surface area contributed by atoms with Crippen LogP contribution in [0.3, 0.4) is 0 Å². The number of nitrogens with zero attached hydrogens (tertiary/aromatic N) is 5. The monoisotopic (exact) mass is 327 g/mol. The summed E-state index contributed by atoms with van der Waals surface area (Å²) in [4.78, 5) is 30.5. The van der Waals surface area contributed by atoms with E-state index in [2.05, 4.69) is 24.8 Å². The van der Waals surface area contributed by atoms with Crippen LogP contribution in [0.1, 0.15) is 42.4 Å². The van der Waals surface area contributed by atoms with Crippen molar-refractivity contribution in [1.82, 2.24) is 19.9 Å². The maximum atomic E-state index is 10.8. The van der Waals surface area contributed by atoms with E-state index in [9.17, 15) is 4.79 Å². The summed E-state index contributed by atoms with van der Waals surface area (Å²) in [5, 5.41) is 8.84. The molecule has 126 valence electrons. The minimum atomic E-state index is -0.802. The summed E-state index contributed by atoms with van der Waals surface area (Å²) in [6, 6.07) is 3.79. The van der Waals surface area contributed by atoms with Gasteiger partial charge in [-0.3, -0.25) is 4.79 Å². The molecule has 1 N–H and O–H groups in total. The van der Waals surface area contributed by atoms with E-state index in [1.54, 1.807) is 12.4 Å². The van der Waals surface area contributed by atoms with E-state index in [-0.39, 0.29) is 6.42 Å². The number of hydrogen-bond acceptors (Lipinski definition) is 6. The van der Waals surface area contributed by atoms with Gasteiger partial charge in [-0.25, -0.2) is 19.9 Å². The van der Waals surface area contributed by atoms with Crippen LogP contribution in [0.2, 0.25) is 0 Å². The fourth-order valence-corrected chi connectivity index (χ4v) is 3.06. The van der Waals surface area contributed by atoms with Crippen LogP contribution in [0.5, 0.6) is 0 Å². The number of carboxylic acids is 1. The highest BCUT2D eigenvalue weighted by atomic mass is 16.4. The van der Waals surface area contributed by atoms with Gasteiger partial charge in [0, 0.05) is 49.2 Å². The molecule has 0 aliphatic carbocycles. The predicted octanol–water partition coefficient (Wildman–Crippen LogP) is 1.98. The molecule has 1 aliphatic heterocycles. The number of hydrogen-bond donors (Lipinski definition) is 1. The van der Waals surface area contributed by atoms with Crippen LogP contribution in [0.15, 0.2) is 24.5 Å². The minimum Gasteiger partial charge on any atom is -0.481 e. The zero-order valence-electron chi connectivity index (χ0n) is 13.7. The van der Waals surface area contributed by atoms with Gasteiger partial charge in [0.15, 0.2) is 0 Å². The van der Waals surface area contributed by atoms with E-state index in [4.69, 9.17) is 5.11 Å². The van der Waals surface area contributed by atoms with E-state index in [0.29, 0.717) is 18.2 Å². The quantitative estimate of drug-likeness (QED) is 0.897. The van der Waals surface area contributed by atoms with Crippen molar-refractivity contribution in [1.29, 1.82) is 0 Å². The van der Waals surface area contributed by atoms with Crippen LogP contribution in [0.25, 0.3) is 0 Å². The van der Waals surface area contributed by atoms with Crippen molar-refractivity contribution in [2.24, 2.45) is 0 Å². The molecule has 1 fully saturated rings. The molecule has 7 nitrogen and oxygen atoms in total. The Morgan fingerprint density at radius 2 is 1.96 bits per heavy atom. The average Bonchev–Trinajstić information content (AvgIpc) is 2.60. The van der Waals surface area contributed by atoms with Crippen LogP contribution in [-0.4, -0.2) is 44.1 Å². The highest BCUT2D eigenvalue weighted by Crippen LogP contribution is 2.28. The molecule has 1 aliphatic rings. The molecular formula is C17H21N5O2. The van der Waals surface area contributed by atoms with Crippen LogP contribution >= 0.6 is 0 Å². The summed E-state index contributed by atoms with van der Waals surface area (Å²) in [5.41, 5.74) is 1.84. The molecule has 2 aromatic heterocycles. The Balaban J connectivity index is 1.66. The first-order valence-electron chi connectivity index (χ1n) is 8.20. The average molecular weight is 327 g/mol. The van der Waals surface area contributed by atoms with Gasteiger partial charge in [0.2, 0.25) is 5.95 Å². The third-order valence-corrected chi connectivity index (χ3v) is 4.25. The summed E-state index contributed by atoms with van der Waals surface area (Å²) >= 11 is 0.